The summed E-state index contributed by atoms with van der Waals surface area (Å²) in [6.45, 7) is 5.01. The molecule has 0 aromatic heterocycles. The predicted octanol–water partition coefficient (Wildman–Crippen LogP) is 2.35. The average Bonchev–Trinajstić information content (AvgIpc) is 2.22. The van der Waals surface area contributed by atoms with E-state index in [0.717, 1.165) is 6.07 Å². The normalized spacial score (nSPS) is 16.9. The number of nitro groups is 1. The van der Waals surface area contributed by atoms with Crippen LogP contribution in [0.2, 0.25) is 0 Å². The van der Waals surface area contributed by atoms with Crippen molar-refractivity contribution in [1.29, 1.82) is 0 Å². The van der Waals surface area contributed by atoms with E-state index in [1.54, 1.807) is 13.8 Å². The minimum absolute atomic E-state index is 0.154. The third-order valence-electron chi connectivity index (χ3n) is 2.93. The lowest BCUT2D eigenvalue weighted by atomic mass is 9.91. The van der Waals surface area contributed by atoms with Gasteiger partial charge in [0.1, 0.15) is 11.4 Å². The van der Waals surface area contributed by atoms with E-state index < -0.39 is 22.0 Å². The number of carbonyl (C=O) groups is 1. The van der Waals surface area contributed by atoms with E-state index in [1.807, 2.05) is 0 Å². The fourth-order valence-electron chi connectivity index (χ4n) is 2.04. The van der Waals surface area contributed by atoms with Crippen molar-refractivity contribution in [3.05, 3.63) is 27.3 Å². The van der Waals surface area contributed by atoms with E-state index >= 15 is 0 Å². The van der Waals surface area contributed by atoms with E-state index in [4.69, 9.17) is 4.74 Å². The van der Waals surface area contributed by atoms with Crippen LogP contribution in [0.5, 0.6) is 11.5 Å². The Kier molecular flexibility index (Phi) is 2.53. The summed E-state index contributed by atoms with van der Waals surface area (Å²) in [4.78, 5) is 22.0. The molecule has 0 amide bonds. The Morgan fingerprint density at radius 1 is 1.50 bits per heavy atom. The average molecular weight is 251 g/mol. The number of ketones is 1. The first-order valence-corrected chi connectivity index (χ1v) is 5.46. The molecule has 1 heterocycles. The van der Waals surface area contributed by atoms with Crippen LogP contribution >= 0.6 is 0 Å². The van der Waals surface area contributed by atoms with Crippen LogP contribution in [-0.4, -0.2) is 21.4 Å². The van der Waals surface area contributed by atoms with Gasteiger partial charge in [0.2, 0.25) is 5.75 Å². The standard InChI is InChI=1S/C12H13NO5/c1-6-10(15)8(13(16)17)4-7-9(14)5-12(2,3)18-11(6)7/h4,15H,5H2,1-3H3. The Hall–Kier alpha value is -2.11. The largest absolute Gasteiger partial charge is 0.502 e. The zero-order valence-corrected chi connectivity index (χ0v) is 10.3. The van der Waals surface area contributed by atoms with Crippen molar-refractivity contribution >= 4 is 11.5 Å². The zero-order valence-electron chi connectivity index (χ0n) is 10.3. The molecule has 0 saturated carbocycles. The topological polar surface area (TPSA) is 89.7 Å². The van der Waals surface area contributed by atoms with E-state index in [0.29, 0.717) is 0 Å². The SMILES string of the molecule is Cc1c(O)c([N+](=O)[O-])cc2c1OC(C)(C)CC2=O. The summed E-state index contributed by atoms with van der Waals surface area (Å²) in [5, 5.41) is 20.5. The second-order valence-corrected chi connectivity index (χ2v) is 4.96. The molecule has 0 bridgehead atoms. The number of fused-ring (bicyclic) bond motifs is 1. The lowest BCUT2D eigenvalue weighted by molar-refractivity contribution is -0.386. The van der Waals surface area contributed by atoms with Crippen molar-refractivity contribution < 1.29 is 19.6 Å². The van der Waals surface area contributed by atoms with Gasteiger partial charge in [-0.15, -0.1) is 0 Å². The zero-order chi connectivity index (χ0) is 13.7. The smallest absolute Gasteiger partial charge is 0.311 e. The lowest BCUT2D eigenvalue weighted by Gasteiger charge is -2.32. The maximum atomic E-state index is 12.0. The number of benzene rings is 1. The Bertz CT molecular complexity index is 562. The molecule has 18 heavy (non-hydrogen) atoms. The van der Waals surface area contributed by atoms with Gasteiger partial charge in [0.05, 0.1) is 16.9 Å². The van der Waals surface area contributed by atoms with Gasteiger partial charge in [-0.05, 0) is 20.8 Å². The molecule has 6 nitrogen and oxygen atoms in total. The van der Waals surface area contributed by atoms with E-state index in [9.17, 15) is 20.0 Å². The van der Waals surface area contributed by atoms with Crippen molar-refractivity contribution in [2.45, 2.75) is 32.8 Å². The lowest BCUT2D eigenvalue weighted by Crippen LogP contribution is -2.36. The fraction of sp³-hybridized carbons (Fsp3) is 0.417. The molecular formula is C12H13NO5. The number of nitrogens with zero attached hydrogens (tertiary/aromatic N) is 1. The number of aromatic hydroxyl groups is 1. The molecule has 0 aliphatic carbocycles. The van der Waals surface area contributed by atoms with Crippen LogP contribution in [-0.2, 0) is 0 Å². The molecule has 1 aliphatic rings. The van der Waals surface area contributed by atoms with Crippen LogP contribution in [0.15, 0.2) is 6.07 Å². The fourth-order valence-corrected chi connectivity index (χ4v) is 2.04. The predicted molar refractivity (Wildman–Crippen MR) is 63.2 cm³/mol. The molecule has 1 aromatic rings. The first kappa shape index (κ1) is 12.3. The van der Waals surface area contributed by atoms with Gasteiger partial charge < -0.3 is 9.84 Å². The van der Waals surface area contributed by atoms with Crippen LogP contribution in [0.4, 0.5) is 5.69 Å². The molecule has 0 spiro atoms. The summed E-state index contributed by atoms with van der Waals surface area (Å²) in [5.41, 5.74) is -0.753. The van der Waals surface area contributed by atoms with Crippen molar-refractivity contribution in [3.8, 4) is 11.5 Å². The molecule has 0 unspecified atom stereocenters. The summed E-state index contributed by atoms with van der Waals surface area (Å²) >= 11 is 0. The summed E-state index contributed by atoms with van der Waals surface area (Å²) in [6.07, 6.45) is 0.154. The Labute approximate surface area is 103 Å². The summed E-state index contributed by atoms with van der Waals surface area (Å²) in [6, 6.07) is 1.08. The first-order valence-electron chi connectivity index (χ1n) is 5.46. The molecule has 0 radical (unpaired) electrons. The maximum Gasteiger partial charge on any atom is 0.311 e. The second-order valence-electron chi connectivity index (χ2n) is 4.96. The van der Waals surface area contributed by atoms with Crippen LogP contribution in [0.3, 0.4) is 0 Å². The van der Waals surface area contributed by atoms with Gasteiger partial charge in [-0.1, -0.05) is 0 Å². The Balaban J connectivity index is 2.70. The number of hydrogen-bond donors (Lipinski definition) is 1. The van der Waals surface area contributed by atoms with Crippen LogP contribution in [0.25, 0.3) is 0 Å². The third-order valence-corrected chi connectivity index (χ3v) is 2.93. The Morgan fingerprint density at radius 2 is 2.11 bits per heavy atom. The van der Waals surface area contributed by atoms with Gasteiger partial charge in [0.25, 0.3) is 0 Å². The van der Waals surface area contributed by atoms with Crippen LogP contribution in [0, 0.1) is 17.0 Å². The highest BCUT2D eigenvalue weighted by Gasteiger charge is 2.36. The van der Waals surface area contributed by atoms with Gasteiger partial charge in [-0.25, -0.2) is 0 Å². The third kappa shape index (κ3) is 1.79. The van der Waals surface area contributed by atoms with Gasteiger partial charge in [0, 0.05) is 11.6 Å². The highest BCUT2D eigenvalue weighted by molar-refractivity contribution is 6.02. The van der Waals surface area contributed by atoms with Crippen molar-refractivity contribution in [2.75, 3.05) is 0 Å². The molecular weight excluding hydrogens is 238 g/mol. The van der Waals surface area contributed by atoms with Crippen LogP contribution < -0.4 is 4.74 Å². The van der Waals surface area contributed by atoms with E-state index in [2.05, 4.69) is 0 Å². The summed E-state index contributed by atoms with van der Waals surface area (Å²) in [7, 11) is 0. The maximum absolute atomic E-state index is 12.0. The summed E-state index contributed by atoms with van der Waals surface area (Å²) < 4.78 is 5.63. The van der Waals surface area contributed by atoms with Gasteiger partial charge in [-0.3, -0.25) is 14.9 Å². The summed E-state index contributed by atoms with van der Waals surface area (Å²) in [5.74, 6) is -0.434. The second kappa shape index (κ2) is 3.69. The highest BCUT2D eigenvalue weighted by Crippen LogP contribution is 2.43. The number of Topliss-reactive ketones (excluding diaryl/α,β-unsaturated/α-hetero) is 1. The first-order chi connectivity index (χ1) is 8.23. The monoisotopic (exact) mass is 251 g/mol. The highest BCUT2D eigenvalue weighted by atomic mass is 16.6. The molecule has 0 fully saturated rings. The number of nitro benzene ring substituents is 1. The van der Waals surface area contributed by atoms with E-state index in [-0.39, 0.29) is 29.1 Å². The van der Waals surface area contributed by atoms with Crippen molar-refractivity contribution in [1.82, 2.24) is 0 Å². The van der Waals surface area contributed by atoms with E-state index in [1.165, 1.54) is 6.92 Å². The van der Waals surface area contributed by atoms with Gasteiger partial charge in [0.15, 0.2) is 5.78 Å². The van der Waals surface area contributed by atoms with Crippen molar-refractivity contribution in [2.24, 2.45) is 0 Å². The molecule has 1 aliphatic heterocycles. The number of phenolic OH excluding ortho intramolecular Hbond substituents is 1. The number of ether oxygens (including phenoxy) is 1. The minimum Gasteiger partial charge on any atom is -0.502 e. The number of rotatable bonds is 1. The number of phenols is 1. The molecule has 96 valence electrons. The molecule has 1 N–H and O–H groups in total. The minimum atomic E-state index is -0.713. The molecule has 1 aromatic carbocycles. The van der Waals surface area contributed by atoms with Gasteiger partial charge >= 0.3 is 5.69 Å². The Morgan fingerprint density at radius 3 is 2.67 bits per heavy atom. The van der Waals surface area contributed by atoms with Crippen LogP contribution in [0.1, 0.15) is 36.2 Å². The molecule has 2 rings (SSSR count). The molecule has 6 heteroatoms. The quantitative estimate of drug-likeness (QED) is 0.611. The number of carbonyl (C=O) groups excluding carboxylic acids is 1. The molecule has 0 atom stereocenters. The van der Waals surface area contributed by atoms with Crippen molar-refractivity contribution in [3.63, 3.8) is 0 Å². The van der Waals surface area contributed by atoms with Gasteiger partial charge in [-0.2, -0.15) is 0 Å². The number of hydrogen-bond acceptors (Lipinski definition) is 5. The molecule has 0 saturated heterocycles.